The van der Waals surface area contributed by atoms with Crippen molar-refractivity contribution in [2.45, 2.75) is 39.7 Å². The second kappa shape index (κ2) is 7.75. The maximum Gasteiger partial charge on any atom is 0.407 e. The van der Waals surface area contributed by atoms with E-state index in [0.29, 0.717) is 5.57 Å². The van der Waals surface area contributed by atoms with Gasteiger partial charge in [0.25, 0.3) is 11.8 Å². The van der Waals surface area contributed by atoms with Crippen LogP contribution in [0.3, 0.4) is 0 Å². The molecule has 0 aliphatic carbocycles. The number of imide groups is 1. The molecular weight excluding hydrogens is 302 g/mol. The highest BCUT2D eigenvalue weighted by Crippen LogP contribution is 2.11. The number of ether oxygens (including phenoxy) is 1. The van der Waals surface area contributed by atoms with E-state index in [-0.39, 0.29) is 37.9 Å². The van der Waals surface area contributed by atoms with Crippen molar-refractivity contribution in [3.05, 3.63) is 11.6 Å². The Hall–Kier alpha value is -2.38. The lowest BCUT2D eigenvalue weighted by molar-refractivity contribution is -0.137. The highest BCUT2D eigenvalue weighted by atomic mass is 16.6. The van der Waals surface area contributed by atoms with Gasteiger partial charge in [0.05, 0.1) is 0 Å². The Morgan fingerprint density at radius 3 is 2.30 bits per heavy atom. The van der Waals surface area contributed by atoms with Gasteiger partial charge in [-0.15, -0.1) is 0 Å². The summed E-state index contributed by atoms with van der Waals surface area (Å²) in [5, 5.41) is 5.10. The first-order valence-corrected chi connectivity index (χ1v) is 7.38. The summed E-state index contributed by atoms with van der Waals surface area (Å²) in [6, 6.07) is 0. The zero-order valence-corrected chi connectivity index (χ0v) is 13.9. The zero-order chi connectivity index (χ0) is 17.6. The Labute approximate surface area is 135 Å². The minimum Gasteiger partial charge on any atom is -0.444 e. The molecule has 0 unspecified atom stereocenters. The molecule has 1 rings (SSSR count). The van der Waals surface area contributed by atoms with E-state index in [9.17, 15) is 19.2 Å². The first-order chi connectivity index (χ1) is 10.6. The predicted octanol–water partition coefficient (Wildman–Crippen LogP) is 0.333. The van der Waals surface area contributed by atoms with E-state index in [1.54, 1.807) is 27.7 Å². The molecule has 8 nitrogen and oxygen atoms in total. The second-order valence-electron chi connectivity index (χ2n) is 6.15. The molecule has 0 spiro atoms. The molecule has 0 aromatic rings. The van der Waals surface area contributed by atoms with Crippen molar-refractivity contribution in [1.82, 2.24) is 15.5 Å². The minimum atomic E-state index is -0.575. The van der Waals surface area contributed by atoms with Crippen molar-refractivity contribution in [2.75, 3.05) is 19.6 Å². The van der Waals surface area contributed by atoms with Crippen LogP contribution in [0.25, 0.3) is 0 Å². The molecule has 0 saturated heterocycles. The number of carbonyl (C=O) groups is 4. The Bertz CT molecular complexity index is 534. The highest BCUT2D eigenvalue weighted by Gasteiger charge is 2.28. The number of rotatable bonds is 6. The van der Waals surface area contributed by atoms with Crippen LogP contribution in [0.15, 0.2) is 11.6 Å². The standard InChI is InChI=1S/C15H23N3O5/c1-10-9-12(20)18(13(10)21)8-5-11(19)16-6-7-17-14(22)23-15(2,3)4/h9H,5-8H2,1-4H3,(H,16,19)(H,17,22). The molecular formula is C15H23N3O5. The first kappa shape index (κ1) is 18.7. The predicted molar refractivity (Wildman–Crippen MR) is 82.3 cm³/mol. The number of carbonyl (C=O) groups excluding carboxylic acids is 4. The van der Waals surface area contributed by atoms with E-state index in [1.807, 2.05) is 0 Å². The third-order valence-electron chi connectivity index (χ3n) is 2.87. The van der Waals surface area contributed by atoms with Crippen molar-refractivity contribution in [2.24, 2.45) is 0 Å². The van der Waals surface area contributed by atoms with Crippen molar-refractivity contribution < 1.29 is 23.9 Å². The van der Waals surface area contributed by atoms with Crippen LogP contribution in [-0.4, -0.2) is 54.0 Å². The molecule has 0 aromatic heterocycles. The van der Waals surface area contributed by atoms with Crippen LogP contribution in [0.5, 0.6) is 0 Å². The molecule has 2 N–H and O–H groups in total. The summed E-state index contributed by atoms with van der Waals surface area (Å²) in [4.78, 5) is 47.2. The van der Waals surface area contributed by atoms with Gasteiger partial charge in [-0.1, -0.05) is 0 Å². The van der Waals surface area contributed by atoms with Gasteiger partial charge in [0.2, 0.25) is 5.91 Å². The van der Waals surface area contributed by atoms with Crippen molar-refractivity contribution >= 4 is 23.8 Å². The monoisotopic (exact) mass is 325 g/mol. The normalized spacial score (nSPS) is 14.6. The molecule has 0 aromatic carbocycles. The van der Waals surface area contributed by atoms with E-state index in [1.165, 1.54) is 6.08 Å². The molecule has 4 amide bonds. The number of amides is 4. The summed E-state index contributed by atoms with van der Waals surface area (Å²) >= 11 is 0. The number of nitrogens with zero attached hydrogens (tertiary/aromatic N) is 1. The van der Waals surface area contributed by atoms with Gasteiger partial charge in [0.15, 0.2) is 0 Å². The van der Waals surface area contributed by atoms with Crippen molar-refractivity contribution in [1.29, 1.82) is 0 Å². The van der Waals surface area contributed by atoms with Gasteiger partial charge in [0.1, 0.15) is 5.60 Å². The van der Waals surface area contributed by atoms with E-state index < -0.39 is 17.6 Å². The van der Waals surface area contributed by atoms with Crippen molar-refractivity contribution in [3.63, 3.8) is 0 Å². The summed E-state index contributed by atoms with van der Waals surface area (Å²) in [5.41, 5.74) is -0.203. The quantitative estimate of drug-likeness (QED) is 0.541. The Balaban J connectivity index is 2.17. The average Bonchev–Trinajstić information content (AvgIpc) is 2.64. The molecule has 0 atom stereocenters. The average molecular weight is 325 g/mol. The van der Waals surface area contributed by atoms with E-state index >= 15 is 0 Å². The lowest BCUT2D eigenvalue weighted by Crippen LogP contribution is -2.39. The third-order valence-corrected chi connectivity index (χ3v) is 2.87. The Morgan fingerprint density at radius 1 is 1.17 bits per heavy atom. The molecule has 0 radical (unpaired) electrons. The summed E-state index contributed by atoms with van der Waals surface area (Å²) in [6.07, 6.45) is 0.720. The van der Waals surface area contributed by atoms with Crippen LogP contribution >= 0.6 is 0 Å². The van der Waals surface area contributed by atoms with Gasteiger partial charge in [-0.3, -0.25) is 19.3 Å². The summed E-state index contributed by atoms with van der Waals surface area (Å²) in [6.45, 7) is 7.32. The number of nitrogens with one attached hydrogen (secondary N) is 2. The summed E-state index contributed by atoms with van der Waals surface area (Å²) < 4.78 is 5.04. The summed E-state index contributed by atoms with van der Waals surface area (Å²) in [7, 11) is 0. The van der Waals surface area contributed by atoms with Crippen LogP contribution in [0, 0.1) is 0 Å². The molecule has 0 bridgehead atoms. The third kappa shape index (κ3) is 6.50. The molecule has 8 heteroatoms. The molecule has 23 heavy (non-hydrogen) atoms. The van der Waals surface area contributed by atoms with Gasteiger partial charge < -0.3 is 15.4 Å². The summed E-state index contributed by atoms with van der Waals surface area (Å²) in [5.74, 6) is -1.07. The van der Waals surface area contributed by atoms with E-state index in [4.69, 9.17) is 4.74 Å². The topological polar surface area (TPSA) is 105 Å². The molecule has 1 aliphatic heterocycles. The largest absolute Gasteiger partial charge is 0.444 e. The van der Waals surface area contributed by atoms with Crippen LogP contribution in [-0.2, 0) is 19.1 Å². The fourth-order valence-electron chi connectivity index (χ4n) is 1.83. The van der Waals surface area contributed by atoms with Gasteiger partial charge in [-0.25, -0.2) is 4.79 Å². The number of hydrogen-bond donors (Lipinski definition) is 2. The number of hydrogen-bond acceptors (Lipinski definition) is 5. The van der Waals surface area contributed by atoms with Gasteiger partial charge in [-0.2, -0.15) is 0 Å². The van der Waals surface area contributed by atoms with Gasteiger partial charge >= 0.3 is 6.09 Å². The van der Waals surface area contributed by atoms with Crippen LogP contribution in [0.4, 0.5) is 4.79 Å². The van der Waals surface area contributed by atoms with E-state index in [2.05, 4.69) is 10.6 Å². The smallest absolute Gasteiger partial charge is 0.407 e. The SMILES string of the molecule is CC1=CC(=O)N(CCC(=O)NCCNC(=O)OC(C)(C)C)C1=O. The zero-order valence-electron chi connectivity index (χ0n) is 13.9. The number of alkyl carbamates (subject to hydrolysis) is 1. The minimum absolute atomic E-state index is 0.0189. The van der Waals surface area contributed by atoms with Crippen molar-refractivity contribution in [3.8, 4) is 0 Å². The molecule has 128 valence electrons. The molecule has 0 fully saturated rings. The highest BCUT2D eigenvalue weighted by molar-refractivity contribution is 6.15. The van der Waals surface area contributed by atoms with Crippen LogP contribution in [0.1, 0.15) is 34.1 Å². The second-order valence-corrected chi connectivity index (χ2v) is 6.15. The first-order valence-electron chi connectivity index (χ1n) is 7.38. The lowest BCUT2D eigenvalue weighted by Gasteiger charge is -2.19. The fraction of sp³-hybridized carbons (Fsp3) is 0.600. The molecule has 1 aliphatic rings. The Morgan fingerprint density at radius 2 is 1.78 bits per heavy atom. The molecule has 1 heterocycles. The maximum absolute atomic E-state index is 11.6. The Kier molecular flexibility index (Phi) is 6.29. The maximum atomic E-state index is 11.6. The van der Waals surface area contributed by atoms with Gasteiger partial charge in [0, 0.05) is 37.7 Å². The lowest BCUT2D eigenvalue weighted by atomic mass is 10.2. The van der Waals surface area contributed by atoms with Crippen LogP contribution < -0.4 is 10.6 Å². The van der Waals surface area contributed by atoms with E-state index in [0.717, 1.165) is 4.90 Å². The molecule has 0 saturated carbocycles. The fourth-order valence-corrected chi connectivity index (χ4v) is 1.83. The van der Waals surface area contributed by atoms with Crippen LogP contribution in [0.2, 0.25) is 0 Å². The van der Waals surface area contributed by atoms with Gasteiger partial charge in [-0.05, 0) is 27.7 Å².